The first-order valence-corrected chi connectivity index (χ1v) is 7.77. The van der Waals surface area contributed by atoms with Crippen LogP contribution >= 0.6 is 0 Å². The van der Waals surface area contributed by atoms with Crippen molar-refractivity contribution < 1.29 is 0 Å². The van der Waals surface area contributed by atoms with Crippen LogP contribution in [0.15, 0.2) is 30.3 Å². The Bertz CT molecular complexity index is 597. The van der Waals surface area contributed by atoms with Gasteiger partial charge in [0, 0.05) is 11.4 Å². The molecular formula is C19H26N2. The van der Waals surface area contributed by atoms with Crippen LogP contribution in [0.25, 0.3) is 0 Å². The summed E-state index contributed by atoms with van der Waals surface area (Å²) in [6.07, 6.45) is 1.13. The number of aryl methyl sites for hydroxylation is 4. The molecule has 0 aliphatic rings. The topological polar surface area (TPSA) is 24.9 Å². The highest BCUT2D eigenvalue weighted by Gasteiger charge is 2.15. The standard InChI is InChI=1S/C19H26N2/c1-6-9-20-19(17-8-7-13(2)14(3)10-17)18-11-15(4)21-16(5)12-18/h7-8,10-12,19-20H,6,9H2,1-5H3. The fourth-order valence-corrected chi connectivity index (χ4v) is 2.69. The normalized spacial score (nSPS) is 12.4. The van der Waals surface area contributed by atoms with Crippen LogP contribution in [-0.2, 0) is 0 Å². The molecule has 0 saturated carbocycles. The van der Waals surface area contributed by atoms with E-state index < -0.39 is 0 Å². The van der Waals surface area contributed by atoms with E-state index in [-0.39, 0.29) is 6.04 Å². The first kappa shape index (κ1) is 15.7. The van der Waals surface area contributed by atoms with Gasteiger partial charge in [-0.2, -0.15) is 0 Å². The molecule has 1 atom stereocenters. The van der Waals surface area contributed by atoms with Gasteiger partial charge < -0.3 is 5.32 Å². The summed E-state index contributed by atoms with van der Waals surface area (Å²) in [5, 5.41) is 3.68. The number of nitrogens with zero attached hydrogens (tertiary/aromatic N) is 1. The van der Waals surface area contributed by atoms with E-state index in [4.69, 9.17) is 0 Å². The van der Waals surface area contributed by atoms with E-state index in [1.165, 1.54) is 22.3 Å². The van der Waals surface area contributed by atoms with Gasteiger partial charge in [-0.05, 0) is 75.0 Å². The predicted octanol–water partition coefficient (Wildman–Crippen LogP) is 4.40. The predicted molar refractivity (Wildman–Crippen MR) is 89.8 cm³/mol. The molecule has 0 saturated heterocycles. The second-order valence-corrected chi connectivity index (χ2v) is 5.91. The van der Waals surface area contributed by atoms with Gasteiger partial charge in [-0.1, -0.05) is 25.1 Å². The summed E-state index contributed by atoms with van der Waals surface area (Å²) >= 11 is 0. The third-order valence-corrected chi connectivity index (χ3v) is 3.90. The van der Waals surface area contributed by atoms with Crippen molar-refractivity contribution in [3.8, 4) is 0 Å². The van der Waals surface area contributed by atoms with E-state index in [0.717, 1.165) is 24.4 Å². The molecule has 2 aromatic rings. The molecule has 0 amide bonds. The average Bonchev–Trinajstić information content (AvgIpc) is 2.42. The quantitative estimate of drug-likeness (QED) is 0.879. The first-order valence-electron chi connectivity index (χ1n) is 7.77. The molecule has 2 rings (SSSR count). The Kier molecular flexibility index (Phi) is 5.13. The van der Waals surface area contributed by atoms with Gasteiger partial charge in [0.05, 0.1) is 6.04 Å². The highest BCUT2D eigenvalue weighted by molar-refractivity contribution is 5.38. The van der Waals surface area contributed by atoms with Crippen molar-refractivity contribution in [2.75, 3.05) is 6.54 Å². The molecule has 0 bridgehead atoms. The van der Waals surface area contributed by atoms with E-state index in [2.05, 4.69) is 75.3 Å². The van der Waals surface area contributed by atoms with E-state index in [1.807, 2.05) is 0 Å². The number of aromatic nitrogens is 1. The maximum Gasteiger partial charge on any atom is 0.0578 e. The Labute approximate surface area is 128 Å². The van der Waals surface area contributed by atoms with Crippen molar-refractivity contribution >= 4 is 0 Å². The Balaban J connectivity index is 2.43. The van der Waals surface area contributed by atoms with Crippen LogP contribution in [0, 0.1) is 27.7 Å². The minimum atomic E-state index is 0.240. The van der Waals surface area contributed by atoms with Gasteiger partial charge in [-0.25, -0.2) is 0 Å². The maximum absolute atomic E-state index is 4.49. The lowest BCUT2D eigenvalue weighted by Crippen LogP contribution is -2.23. The molecule has 0 aliphatic carbocycles. The largest absolute Gasteiger partial charge is 0.306 e. The SMILES string of the molecule is CCCNC(c1cc(C)nc(C)c1)c1ccc(C)c(C)c1. The molecule has 2 nitrogen and oxygen atoms in total. The molecule has 112 valence electrons. The molecule has 2 heteroatoms. The third-order valence-electron chi connectivity index (χ3n) is 3.90. The van der Waals surface area contributed by atoms with Crippen molar-refractivity contribution in [3.05, 3.63) is 64.0 Å². The lowest BCUT2D eigenvalue weighted by atomic mass is 9.95. The van der Waals surface area contributed by atoms with E-state index in [0.29, 0.717) is 0 Å². The Morgan fingerprint density at radius 2 is 1.57 bits per heavy atom. The number of benzene rings is 1. The Morgan fingerprint density at radius 1 is 0.905 bits per heavy atom. The van der Waals surface area contributed by atoms with Crippen LogP contribution in [-0.4, -0.2) is 11.5 Å². The number of hydrogen-bond donors (Lipinski definition) is 1. The van der Waals surface area contributed by atoms with Gasteiger partial charge in [-0.3, -0.25) is 4.98 Å². The van der Waals surface area contributed by atoms with Crippen LogP contribution in [0.4, 0.5) is 0 Å². The van der Waals surface area contributed by atoms with Crippen molar-refractivity contribution in [3.63, 3.8) is 0 Å². The summed E-state index contributed by atoms with van der Waals surface area (Å²) < 4.78 is 0. The summed E-state index contributed by atoms with van der Waals surface area (Å²) in [5.74, 6) is 0. The van der Waals surface area contributed by atoms with Gasteiger partial charge in [0.2, 0.25) is 0 Å². The molecule has 0 fully saturated rings. The fraction of sp³-hybridized carbons (Fsp3) is 0.421. The molecule has 0 radical (unpaired) electrons. The van der Waals surface area contributed by atoms with Crippen LogP contribution in [0.2, 0.25) is 0 Å². The molecular weight excluding hydrogens is 256 g/mol. The monoisotopic (exact) mass is 282 g/mol. The maximum atomic E-state index is 4.49. The Hall–Kier alpha value is -1.67. The summed E-state index contributed by atoms with van der Waals surface area (Å²) in [4.78, 5) is 4.49. The van der Waals surface area contributed by atoms with Crippen molar-refractivity contribution in [1.29, 1.82) is 0 Å². The highest BCUT2D eigenvalue weighted by atomic mass is 14.9. The number of rotatable bonds is 5. The molecule has 1 unspecified atom stereocenters. The molecule has 1 aromatic carbocycles. The van der Waals surface area contributed by atoms with E-state index in [9.17, 15) is 0 Å². The average molecular weight is 282 g/mol. The highest BCUT2D eigenvalue weighted by Crippen LogP contribution is 2.25. The first-order chi connectivity index (χ1) is 10.0. The molecule has 0 aliphatic heterocycles. The van der Waals surface area contributed by atoms with Crippen molar-refractivity contribution in [2.24, 2.45) is 0 Å². The van der Waals surface area contributed by atoms with Gasteiger partial charge in [0.15, 0.2) is 0 Å². The second-order valence-electron chi connectivity index (χ2n) is 5.91. The molecule has 1 aromatic heterocycles. The molecule has 0 spiro atoms. The smallest absolute Gasteiger partial charge is 0.0578 e. The third kappa shape index (κ3) is 3.92. The number of pyridine rings is 1. The lowest BCUT2D eigenvalue weighted by Gasteiger charge is -2.21. The van der Waals surface area contributed by atoms with Crippen LogP contribution in [0.3, 0.4) is 0 Å². The minimum absolute atomic E-state index is 0.240. The number of hydrogen-bond acceptors (Lipinski definition) is 2. The van der Waals surface area contributed by atoms with Gasteiger partial charge in [0.1, 0.15) is 0 Å². The second kappa shape index (κ2) is 6.86. The zero-order valence-electron chi connectivity index (χ0n) is 13.8. The molecule has 21 heavy (non-hydrogen) atoms. The van der Waals surface area contributed by atoms with E-state index >= 15 is 0 Å². The van der Waals surface area contributed by atoms with Gasteiger partial charge >= 0.3 is 0 Å². The van der Waals surface area contributed by atoms with Crippen LogP contribution < -0.4 is 5.32 Å². The minimum Gasteiger partial charge on any atom is -0.306 e. The van der Waals surface area contributed by atoms with Gasteiger partial charge in [-0.15, -0.1) is 0 Å². The zero-order chi connectivity index (χ0) is 15.4. The van der Waals surface area contributed by atoms with Crippen LogP contribution in [0.5, 0.6) is 0 Å². The fourth-order valence-electron chi connectivity index (χ4n) is 2.69. The summed E-state index contributed by atoms with van der Waals surface area (Å²) in [5.41, 5.74) is 7.48. The van der Waals surface area contributed by atoms with Crippen molar-refractivity contribution in [1.82, 2.24) is 10.3 Å². The van der Waals surface area contributed by atoms with Gasteiger partial charge in [0.25, 0.3) is 0 Å². The van der Waals surface area contributed by atoms with Crippen LogP contribution in [0.1, 0.15) is 53.0 Å². The lowest BCUT2D eigenvalue weighted by molar-refractivity contribution is 0.597. The summed E-state index contributed by atoms with van der Waals surface area (Å²) in [6.45, 7) is 11.7. The molecule has 1 heterocycles. The van der Waals surface area contributed by atoms with E-state index in [1.54, 1.807) is 0 Å². The summed E-state index contributed by atoms with van der Waals surface area (Å²) in [6, 6.07) is 11.4. The van der Waals surface area contributed by atoms with Crippen molar-refractivity contribution in [2.45, 2.75) is 47.1 Å². The summed E-state index contributed by atoms with van der Waals surface area (Å²) in [7, 11) is 0. The zero-order valence-corrected chi connectivity index (χ0v) is 13.8. The molecule has 1 N–H and O–H groups in total. The Morgan fingerprint density at radius 3 is 2.14 bits per heavy atom. The number of nitrogens with one attached hydrogen (secondary N) is 1.